The van der Waals surface area contributed by atoms with Gasteiger partial charge in [-0.1, -0.05) is 37.1 Å². The number of amides is 4. The van der Waals surface area contributed by atoms with Crippen molar-refractivity contribution in [3.05, 3.63) is 47.0 Å². The van der Waals surface area contributed by atoms with E-state index < -0.39 is 71.4 Å². The third kappa shape index (κ3) is 7.70. The summed E-state index contributed by atoms with van der Waals surface area (Å²) in [7, 11) is 0. The molecule has 50 heavy (non-hydrogen) atoms. The lowest BCUT2D eigenvalue weighted by Crippen LogP contribution is -2.56. The summed E-state index contributed by atoms with van der Waals surface area (Å²) >= 11 is 0. The minimum atomic E-state index is -4.61. The summed E-state index contributed by atoms with van der Waals surface area (Å²) in [6.45, 7) is -0.452. The minimum Gasteiger partial charge on any atom is -0.479 e. The Labute approximate surface area is 287 Å². The van der Waals surface area contributed by atoms with Crippen LogP contribution in [-0.2, 0) is 43.0 Å². The summed E-state index contributed by atoms with van der Waals surface area (Å²) in [6.07, 6.45) is 2.74. The van der Waals surface area contributed by atoms with Crippen LogP contribution in [0.15, 0.2) is 30.4 Å². The predicted octanol–water partition coefficient (Wildman–Crippen LogP) is 4.69. The van der Waals surface area contributed by atoms with Crippen molar-refractivity contribution >= 4 is 30.0 Å². The van der Waals surface area contributed by atoms with E-state index >= 15 is 0 Å². The second kappa shape index (κ2) is 14.5. The van der Waals surface area contributed by atoms with E-state index in [4.69, 9.17) is 9.47 Å². The number of carbonyl (C=O) groups excluding carboxylic acids is 4. The van der Waals surface area contributed by atoms with Crippen LogP contribution in [0, 0.1) is 5.92 Å². The molecule has 2 saturated carbocycles. The number of halogens is 3. The van der Waals surface area contributed by atoms with Crippen molar-refractivity contribution in [2.24, 2.45) is 5.92 Å². The minimum absolute atomic E-state index is 0.0118. The van der Waals surface area contributed by atoms with Gasteiger partial charge in [0.2, 0.25) is 11.8 Å². The van der Waals surface area contributed by atoms with Crippen LogP contribution in [0.4, 0.5) is 22.8 Å². The van der Waals surface area contributed by atoms with Crippen molar-refractivity contribution in [3.8, 4) is 0 Å². The van der Waals surface area contributed by atoms with E-state index in [0.717, 1.165) is 44.6 Å². The van der Waals surface area contributed by atoms with Gasteiger partial charge >= 0.3 is 24.3 Å². The Hall–Kier alpha value is -4.30. The molecule has 3 N–H and O–H groups in total. The van der Waals surface area contributed by atoms with Gasteiger partial charge in [-0.15, -0.1) is 0 Å². The van der Waals surface area contributed by atoms with Gasteiger partial charge in [0.15, 0.2) is 0 Å². The van der Waals surface area contributed by atoms with Crippen LogP contribution in [0.5, 0.6) is 0 Å². The number of alkyl carbamates (subject to hydrolysis) is 1. The van der Waals surface area contributed by atoms with Crippen LogP contribution in [0.1, 0.15) is 87.3 Å². The number of nitrogens with one attached hydrogen (secondary N) is 2. The number of allylic oxidation sites excluding steroid dienone is 1. The summed E-state index contributed by atoms with van der Waals surface area (Å²) < 4.78 is 52.5. The number of alkyl halides is 3. The smallest absolute Gasteiger partial charge is 0.416 e. The van der Waals surface area contributed by atoms with Crippen molar-refractivity contribution in [2.45, 2.75) is 120 Å². The summed E-state index contributed by atoms with van der Waals surface area (Å²) in [4.78, 5) is 69.0. The van der Waals surface area contributed by atoms with Crippen molar-refractivity contribution in [1.29, 1.82) is 0 Å². The lowest BCUT2D eigenvalue weighted by molar-refractivity contribution is -0.145. The lowest BCUT2D eigenvalue weighted by Gasteiger charge is -2.31. The van der Waals surface area contributed by atoms with Crippen LogP contribution in [0.2, 0.25) is 0 Å². The number of ether oxygens (including phenoxy) is 2. The first-order chi connectivity index (χ1) is 23.9. The molecule has 1 aromatic carbocycles. The fourth-order valence-electron chi connectivity index (χ4n) is 7.70. The van der Waals surface area contributed by atoms with Gasteiger partial charge in [-0.3, -0.25) is 9.59 Å². The summed E-state index contributed by atoms with van der Waals surface area (Å²) in [6, 6.07) is 1.61. The van der Waals surface area contributed by atoms with E-state index in [0.29, 0.717) is 18.4 Å². The highest BCUT2D eigenvalue weighted by atomic mass is 19.4. The SMILES string of the molecule is O=C(N[C@H]1CCCCC/C=C/[C@@H]2C[C@@]2(C(=O)O)NC(=O)[C@@H]2C[C@@H](OC(=O)N3CCc4cccc(C(F)(F)F)c4C3)CN2C1=O)OC1CCCC1. The zero-order valence-electron chi connectivity index (χ0n) is 27.7. The highest BCUT2D eigenvalue weighted by molar-refractivity contribution is 5.96. The maximum atomic E-state index is 14.2. The quantitative estimate of drug-likeness (QED) is 0.382. The molecule has 1 saturated heterocycles. The van der Waals surface area contributed by atoms with Crippen molar-refractivity contribution in [3.63, 3.8) is 0 Å². The van der Waals surface area contributed by atoms with Crippen LogP contribution >= 0.6 is 0 Å². The molecule has 4 amide bonds. The zero-order valence-corrected chi connectivity index (χ0v) is 27.7. The van der Waals surface area contributed by atoms with Crippen LogP contribution in [-0.4, -0.2) is 87.8 Å². The van der Waals surface area contributed by atoms with Gasteiger partial charge in [0.05, 0.1) is 12.1 Å². The van der Waals surface area contributed by atoms with Gasteiger partial charge in [-0.2, -0.15) is 13.2 Å². The third-order valence-corrected chi connectivity index (χ3v) is 10.6. The topological polar surface area (TPSA) is 155 Å². The van der Waals surface area contributed by atoms with E-state index in [-0.39, 0.29) is 57.0 Å². The average molecular weight is 705 g/mol. The van der Waals surface area contributed by atoms with Crippen molar-refractivity contribution in [1.82, 2.24) is 20.4 Å². The van der Waals surface area contributed by atoms with Crippen molar-refractivity contribution in [2.75, 3.05) is 13.1 Å². The lowest BCUT2D eigenvalue weighted by atomic mass is 9.95. The Kier molecular flexibility index (Phi) is 10.3. The second-order valence-electron chi connectivity index (χ2n) is 14.0. The number of hydrogen-bond donors (Lipinski definition) is 3. The van der Waals surface area contributed by atoms with Crippen LogP contribution < -0.4 is 10.6 Å². The fourth-order valence-corrected chi connectivity index (χ4v) is 7.70. The van der Waals surface area contributed by atoms with E-state index in [2.05, 4.69) is 10.6 Å². The second-order valence-corrected chi connectivity index (χ2v) is 14.0. The molecule has 0 bridgehead atoms. The maximum absolute atomic E-state index is 14.2. The number of carboxylic acids is 1. The molecule has 2 aliphatic carbocycles. The Morgan fingerprint density at radius 1 is 1.00 bits per heavy atom. The maximum Gasteiger partial charge on any atom is 0.416 e. The summed E-state index contributed by atoms with van der Waals surface area (Å²) in [5, 5.41) is 15.4. The highest BCUT2D eigenvalue weighted by Gasteiger charge is 2.61. The zero-order chi connectivity index (χ0) is 35.6. The number of carboxylic acid groups (broad SMARTS) is 1. The number of fused-ring (bicyclic) bond motifs is 3. The molecule has 5 aliphatic rings. The number of hydrogen-bond acceptors (Lipinski definition) is 7. The first kappa shape index (κ1) is 35.5. The monoisotopic (exact) mass is 704 g/mol. The molecule has 3 aliphatic heterocycles. The Morgan fingerprint density at radius 2 is 1.76 bits per heavy atom. The van der Waals surface area contributed by atoms with E-state index in [1.807, 2.05) is 6.08 Å². The normalized spacial score (nSPS) is 29.7. The summed E-state index contributed by atoms with van der Waals surface area (Å²) in [5.74, 6) is -2.98. The number of aliphatic carboxylic acids is 1. The first-order valence-electron chi connectivity index (χ1n) is 17.5. The van der Waals surface area contributed by atoms with E-state index in [9.17, 15) is 42.3 Å². The molecule has 5 atom stereocenters. The van der Waals surface area contributed by atoms with Gasteiger partial charge < -0.3 is 35.0 Å². The molecule has 0 aromatic heterocycles. The van der Waals surface area contributed by atoms with Crippen molar-refractivity contribution < 1.29 is 51.7 Å². The highest BCUT2D eigenvalue weighted by Crippen LogP contribution is 2.45. The molecule has 0 unspecified atom stereocenters. The Balaban J connectivity index is 1.21. The van der Waals surface area contributed by atoms with E-state index in [1.165, 1.54) is 15.9 Å². The molecule has 0 spiro atoms. The molecule has 6 rings (SSSR count). The molecule has 1 aromatic rings. The average Bonchev–Trinajstić information content (AvgIpc) is 3.35. The number of benzene rings is 1. The molecule has 12 nitrogen and oxygen atoms in total. The van der Waals surface area contributed by atoms with Gasteiger partial charge in [0.25, 0.3) is 0 Å². The third-order valence-electron chi connectivity index (χ3n) is 10.6. The molecule has 3 heterocycles. The number of nitrogens with zero attached hydrogens (tertiary/aromatic N) is 2. The number of carbonyl (C=O) groups is 5. The largest absolute Gasteiger partial charge is 0.479 e. The molecule has 272 valence electrons. The van der Waals surface area contributed by atoms with Gasteiger partial charge in [-0.25, -0.2) is 14.4 Å². The fraction of sp³-hybridized carbons (Fsp3) is 0.629. The van der Waals surface area contributed by atoms with Gasteiger partial charge in [0.1, 0.15) is 29.8 Å². The van der Waals surface area contributed by atoms with Crippen LogP contribution in [0.3, 0.4) is 0 Å². The first-order valence-corrected chi connectivity index (χ1v) is 17.5. The molecular weight excluding hydrogens is 661 g/mol. The van der Waals surface area contributed by atoms with Gasteiger partial charge in [0, 0.05) is 25.4 Å². The molecular formula is C35H43F3N4O8. The Morgan fingerprint density at radius 3 is 2.50 bits per heavy atom. The predicted molar refractivity (Wildman–Crippen MR) is 170 cm³/mol. The molecule has 0 radical (unpaired) electrons. The van der Waals surface area contributed by atoms with Gasteiger partial charge in [-0.05, 0) is 75.0 Å². The van der Waals surface area contributed by atoms with E-state index in [1.54, 1.807) is 12.1 Å². The summed E-state index contributed by atoms with van der Waals surface area (Å²) in [5.41, 5.74) is -1.89. The van der Waals surface area contributed by atoms with Crippen LogP contribution in [0.25, 0.3) is 0 Å². The standard InChI is InChI=1S/C35H43F3N4O8/c36-35(37,38)26-13-8-9-21-15-16-41(20-25(21)26)33(48)50-24-17-28-29(43)40-34(31(45)46)18-22(34)10-4-2-1-3-5-14-27(30(44)42(28)19-24)39-32(47)49-23-11-6-7-12-23/h4,8-10,13,22-24,27-28H,1-3,5-7,11-12,14-20H2,(H,39,47)(H,40,43)(H,45,46)/b10-4+/t22-,24-,27+,28+,34-/m1/s1. The molecule has 15 heteroatoms. The Bertz CT molecular complexity index is 1530. The molecule has 3 fully saturated rings. The number of rotatable bonds is 4.